The zero-order chi connectivity index (χ0) is 26.3. The van der Waals surface area contributed by atoms with Gasteiger partial charge in [0.25, 0.3) is 0 Å². The number of hydrogen-bond donors (Lipinski definition) is 2. The lowest BCUT2D eigenvalue weighted by Gasteiger charge is -2.35. The van der Waals surface area contributed by atoms with Crippen molar-refractivity contribution in [2.45, 2.75) is 79.6 Å². The third-order valence-corrected chi connectivity index (χ3v) is 12.1. The molecule has 11 nitrogen and oxygen atoms in total. The molecule has 1 rings (SSSR count). The van der Waals surface area contributed by atoms with E-state index >= 15 is 0 Å². The molecular formula is C21H44ClN5O6Si2. The molecule has 0 spiro atoms. The average molecular weight is 554 g/mol. The Bertz CT molecular complexity index is 638. The SMILES string of the molecule is CCO[Si](OCC)(OCC)C(CC)Nc1nc(Cl)nc(NC(CC)[Si](OCC)(OCC)OCC)n1. The molecule has 2 unspecified atom stereocenters. The number of halogens is 1. The van der Waals surface area contributed by atoms with Crippen LogP contribution in [-0.2, 0) is 26.6 Å². The van der Waals surface area contributed by atoms with Gasteiger partial charge in [-0.05, 0) is 66.0 Å². The van der Waals surface area contributed by atoms with Crippen LogP contribution < -0.4 is 10.6 Å². The number of rotatable bonds is 20. The summed E-state index contributed by atoms with van der Waals surface area (Å²) >= 11 is 6.29. The fraction of sp³-hybridized carbons (Fsp3) is 0.857. The van der Waals surface area contributed by atoms with Crippen LogP contribution in [0, 0.1) is 0 Å². The number of nitrogens with zero attached hydrogens (tertiary/aromatic N) is 3. The van der Waals surface area contributed by atoms with E-state index < -0.39 is 17.6 Å². The molecule has 0 amide bonds. The van der Waals surface area contributed by atoms with Crippen LogP contribution in [-0.4, -0.2) is 83.5 Å². The lowest BCUT2D eigenvalue weighted by molar-refractivity contribution is 0.0632. The van der Waals surface area contributed by atoms with E-state index in [-0.39, 0.29) is 16.6 Å². The fourth-order valence-electron chi connectivity index (χ4n) is 3.73. The molecule has 0 radical (unpaired) electrons. The fourth-order valence-corrected chi connectivity index (χ4v) is 9.63. The Kier molecular flexibility index (Phi) is 15.4. The second-order valence-corrected chi connectivity index (χ2v) is 13.1. The van der Waals surface area contributed by atoms with Crippen molar-refractivity contribution in [3.8, 4) is 0 Å². The molecule has 0 aliphatic heterocycles. The van der Waals surface area contributed by atoms with Gasteiger partial charge in [0.15, 0.2) is 0 Å². The minimum atomic E-state index is -3.07. The summed E-state index contributed by atoms with van der Waals surface area (Å²) in [5.74, 6) is 0.586. The van der Waals surface area contributed by atoms with Crippen molar-refractivity contribution in [1.29, 1.82) is 0 Å². The van der Waals surface area contributed by atoms with E-state index in [2.05, 4.69) is 25.6 Å². The van der Waals surface area contributed by atoms with Gasteiger partial charge in [0, 0.05) is 39.6 Å². The van der Waals surface area contributed by atoms with Crippen molar-refractivity contribution in [1.82, 2.24) is 15.0 Å². The average Bonchev–Trinajstić information content (AvgIpc) is 2.81. The highest BCUT2D eigenvalue weighted by Gasteiger charge is 2.50. The molecule has 0 aromatic carbocycles. The molecular weight excluding hydrogens is 510 g/mol. The summed E-state index contributed by atoms with van der Waals surface area (Å²) in [6.45, 7) is 18.4. The predicted molar refractivity (Wildman–Crippen MR) is 142 cm³/mol. The highest BCUT2D eigenvalue weighted by Crippen LogP contribution is 2.24. The molecule has 204 valence electrons. The molecule has 14 heteroatoms. The monoisotopic (exact) mass is 553 g/mol. The molecule has 0 bridgehead atoms. The zero-order valence-electron chi connectivity index (χ0n) is 22.5. The number of hydrogen-bond acceptors (Lipinski definition) is 11. The summed E-state index contributed by atoms with van der Waals surface area (Å²) in [5, 5.41) is 6.70. The van der Waals surface area contributed by atoms with Gasteiger partial charge in [-0.3, -0.25) is 0 Å². The molecule has 35 heavy (non-hydrogen) atoms. The first-order valence-corrected chi connectivity index (χ1v) is 16.6. The van der Waals surface area contributed by atoms with Crippen molar-refractivity contribution in [2.24, 2.45) is 0 Å². The summed E-state index contributed by atoms with van der Waals surface area (Å²) in [6, 6.07) is 0. The molecule has 0 aliphatic carbocycles. The maximum atomic E-state index is 6.29. The first kappa shape index (κ1) is 32.1. The van der Waals surface area contributed by atoms with Gasteiger partial charge in [0.2, 0.25) is 17.2 Å². The van der Waals surface area contributed by atoms with E-state index in [1.807, 2.05) is 55.4 Å². The van der Waals surface area contributed by atoms with Crippen molar-refractivity contribution >= 4 is 41.1 Å². The van der Waals surface area contributed by atoms with Gasteiger partial charge in [-0.2, -0.15) is 15.0 Å². The Morgan fingerprint density at radius 3 is 1.09 bits per heavy atom. The van der Waals surface area contributed by atoms with E-state index in [1.165, 1.54) is 0 Å². The zero-order valence-corrected chi connectivity index (χ0v) is 25.2. The second-order valence-electron chi connectivity index (χ2n) is 7.27. The van der Waals surface area contributed by atoms with E-state index in [0.29, 0.717) is 64.4 Å². The van der Waals surface area contributed by atoms with Gasteiger partial charge in [-0.15, -0.1) is 0 Å². The Morgan fingerprint density at radius 1 is 0.571 bits per heavy atom. The smallest absolute Gasteiger partial charge is 0.373 e. The van der Waals surface area contributed by atoms with Gasteiger partial charge < -0.3 is 37.2 Å². The van der Waals surface area contributed by atoms with Gasteiger partial charge in [-0.25, -0.2) is 0 Å². The van der Waals surface area contributed by atoms with Gasteiger partial charge in [0.05, 0.1) is 11.3 Å². The van der Waals surface area contributed by atoms with E-state index in [9.17, 15) is 0 Å². The lowest BCUT2D eigenvalue weighted by Crippen LogP contribution is -2.60. The van der Waals surface area contributed by atoms with Gasteiger partial charge in [0.1, 0.15) is 0 Å². The topological polar surface area (TPSA) is 118 Å². The van der Waals surface area contributed by atoms with Crippen LogP contribution in [0.2, 0.25) is 5.28 Å². The maximum absolute atomic E-state index is 6.29. The summed E-state index contributed by atoms with van der Waals surface area (Å²) in [6.07, 6.45) is 1.34. The summed E-state index contributed by atoms with van der Waals surface area (Å²) in [7, 11) is -6.14. The highest BCUT2D eigenvalue weighted by molar-refractivity contribution is 6.63. The lowest BCUT2D eigenvalue weighted by atomic mass is 10.5. The minimum absolute atomic E-state index is 0.0442. The van der Waals surface area contributed by atoms with Gasteiger partial charge in [-0.1, -0.05) is 13.8 Å². The quantitative estimate of drug-likeness (QED) is 0.227. The third-order valence-electron chi connectivity index (χ3n) is 4.96. The van der Waals surface area contributed by atoms with Crippen molar-refractivity contribution < 1.29 is 26.6 Å². The highest BCUT2D eigenvalue weighted by atomic mass is 35.5. The molecule has 2 N–H and O–H groups in total. The number of nitrogens with one attached hydrogen (secondary N) is 2. The Balaban J connectivity index is 3.30. The normalized spacial score (nSPS) is 14.1. The number of anilines is 2. The molecule has 1 aromatic heterocycles. The van der Waals surface area contributed by atoms with Crippen LogP contribution in [0.25, 0.3) is 0 Å². The second kappa shape index (κ2) is 16.8. The Hall–Kier alpha value is -0.906. The summed E-state index contributed by atoms with van der Waals surface area (Å²) in [5.41, 5.74) is -0.557. The van der Waals surface area contributed by atoms with Crippen molar-refractivity contribution in [3.63, 3.8) is 0 Å². The molecule has 1 heterocycles. The van der Waals surface area contributed by atoms with Crippen LogP contribution in [0.15, 0.2) is 0 Å². The Morgan fingerprint density at radius 2 is 0.857 bits per heavy atom. The van der Waals surface area contributed by atoms with E-state index in [1.54, 1.807) is 0 Å². The molecule has 1 aromatic rings. The first-order valence-electron chi connectivity index (χ1n) is 12.6. The van der Waals surface area contributed by atoms with Crippen LogP contribution in [0.5, 0.6) is 0 Å². The van der Waals surface area contributed by atoms with E-state index in [4.69, 9.17) is 38.2 Å². The standard InChI is InChI=1S/C21H44ClN5O6Si2/c1-9-17(34(28-11-3,29-12-4)30-13-5)23-20-25-19(22)26-21(27-20)24-18(10-2)35(31-14-6,32-15-7)33-16-8/h17-18H,9-16H2,1-8H3,(H2,23,24,25,26,27). The van der Waals surface area contributed by atoms with Crippen LogP contribution in [0.3, 0.4) is 0 Å². The predicted octanol–water partition coefficient (Wildman–Crippen LogP) is 4.08. The minimum Gasteiger partial charge on any atom is -0.373 e. The van der Waals surface area contributed by atoms with Crippen molar-refractivity contribution in [3.05, 3.63) is 5.28 Å². The van der Waals surface area contributed by atoms with Crippen LogP contribution >= 0.6 is 11.6 Å². The molecule has 2 atom stereocenters. The molecule has 0 saturated carbocycles. The third kappa shape index (κ3) is 9.16. The summed E-state index contributed by atoms with van der Waals surface area (Å²) in [4.78, 5) is 13.1. The summed E-state index contributed by atoms with van der Waals surface area (Å²) < 4.78 is 36.4. The van der Waals surface area contributed by atoms with Gasteiger partial charge >= 0.3 is 17.6 Å². The molecule has 0 aliphatic rings. The maximum Gasteiger partial charge on any atom is 0.524 e. The van der Waals surface area contributed by atoms with Crippen LogP contribution in [0.4, 0.5) is 11.9 Å². The van der Waals surface area contributed by atoms with Crippen molar-refractivity contribution in [2.75, 3.05) is 50.3 Å². The van der Waals surface area contributed by atoms with E-state index in [0.717, 1.165) is 0 Å². The molecule has 0 fully saturated rings. The Labute approximate surface area is 217 Å². The number of aromatic nitrogens is 3. The largest absolute Gasteiger partial charge is 0.524 e. The van der Waals surface area contributed by atoms with Crippen LogP contribution in [0.1, 0.15) is 68.2 Å². The molecule has 0 saturated heterocycles. The first-order chi connectivity index (χ1) is 16.8.